The Labute approximate surface area is 173 Å². The molecular weight excluding hydrogens is 392 g/mol. The molecule has 160 valence electrons. The second-order valence-electron chi connectivity index (χ2n) is 7.13. The highest BCUT2D eigenvalue weighted by Gasteiger charge is 2.44. The number of rotatable bonds is 11. The molecule has 1 unspecified atom stereocenters. The van der Waals surface area contributed by atoms with Gasteiger partial charge in [0.25, 0.3) is 11.8 Å². The van der Waals surface area contributed by atoms with Crippen molar-refractivity contribution >= 4 is 29.9 Å². The molecule has 2 aliphatic rings. The van der Waals surface area contributed by atoms with E-state index in [1.54, 1.807) is 6.07 Å². The van der Waals surface area contributed by atoms with Crippen LogP contribution in [0.25, 0.3) is 0 Å². The van der Waals surface area contributed by atoms with E-state index in [1.807, 2.05) is 0 Å². The molecule has 0 saturated carbocycles. The van der Waals surface area contributed by atoms with Gasteiger partial charge >= 0.3 is 0 Å². The molecule has 0 bridgehead atoms. The van der Waals surface area contributed by atoms with Gasteiger partial charge < -0.3 is 14.3 Å². The maximum atomic E-state index is 12.8. The number of nitrogens with zero attached hydrogens (tertiary/aromatic N) is 1. The fraction of sp³-hybridized carbons (Fsp3) is 0.476. The van der Waals surface area contributed by atoms with Crippen molar-refractivity contribution in [2.24, 2.45) is 0 Å². The second kappa shape index (κ2) is 10.1. The molecule has 0 spiro atoms. The van der Waals surface area contributed by atoms with Crippen molar-refractivity contribution in [3.05, 3.63) is 29.3 Å². The van der Waals surface area contributed by atoms with Crippen LogP contribution in [0.2, 0.25) is 0 Å². The summed E-state index contributed by atoms with van der Waals surface area (Å²) in [4.78, 5) is 59.9. The van der Waals surface area contributed by atoms with Crippen LogP contribution in [0.4, 0.5) is 0 Å². The smallest absolute Gasteiger partial charge is 0.262 e. The Morgan fingerprint density at radius 1 is 1.00 bits per heavy atom. The minimum Gasteiger partial charge on any atom is -0.494 e. The number of carbonyl (C=O) groups excluding carboxylic acids is 5. The lowest BCUT2D eigenvalue weighted by molar-refractivity contribution is -0.136. The topological polar surface area (TPSA) is 119 Å². The predicted octanol–water partition coefficient (Wildman–Crippen LogP) is 1.24. The summed E-state index contributed by atoms with van der Waals surface area (Å²) in [6.07, 6.45) is 3.85. The molecule has 0 aliphatic carbocycles. The molecule has 1 fully saturated rings. The van der Waals surface area contributed by atoms with E-state index in [1.165, 1.54) is 12.1 Å². The van der Waals surface area contributed by atoms with Gasteiger partial charge in [0, 0.05) is 26.1 Å². The summed E-state index contributed by atoms with van der Waals surface area (Å²) in [6, 6.07) is 3.67. The summed E-state index contributed by atoms with van der Waals surface area (Å²) in [5, 5.41) is 2.17. The van der Waals surface area contributed by atoms with E-state index >= 15 is 0 Å². The highest BCUT2D eigenvalue weighted by atomic mass is 16.5. The van der Waals surface area contributed by atoms with Gasteiger partial charge in [0.2, 0.25) is 11.8 Å². The van der Waals surface area contributed by atoms with Crippen LogP contribution in [0, 0.1) is 0 Å². The zero-order valence-electron chi connectivity index (χ0n) is 16.6. The number of carbonyl (C=O) groups is 5. The van der Waals surface area contributed by atoms with Gasteiger partial charge in [-0.15, -0.1) is 0 Å². The van der Waals surface area contributed by atoms with E-state index in [4.69, 9.17) is 9.47 Å². The SMILES string of the molecule is O=CCCCOCCCCOc1ccc2c(c1)C(=O)N(C1CCC(=O)NC1=O)C2=O. The standard InChI is InChI=1S/C21H24N2O7/c24-9-1-2-10-29-11-3-4-12-30-14-5-6-15-16(13-14)21(28)23(20(15)27)17-7-8-18(25)22-19(17)26/h5-6,9,13,17H,1-4,7-8,10-12H2,(H,22,25,26). The summed E-state index contributed by atoms with van der Waals surface area (Å²) < 4.78 is 11.1. The van der Waals surface area contributed by atoms with E-state index < -0.39 is 29.7 Å². The number of hydrogen-bond donors (Lipinski definition) is 1. The van der Waals surface area contributed by atoms with Crippen molar-refractivity contribution in [2.75, 3.05) is 19.8 Å². The van der Waals surface area contributed by atoms with Crippen LogP contribution in [-0.4, -0.2) is 60.7 Å². The number of ether oxygens (including phenoxy) is 2. The number of benzene rings is 1. The molecule has 0 aromatic heterocycles. The summed E-state index contributed by atoms with van der Waals surface area (Å²) in [5.74, 6) is -1.67. The molecule has 2 heterocycles. The van der Waals surface area contributed by atoms with E-state index in [-0.39, 0.29) is 24.0 Å². The minimum absolute atomic E-state index is 0.0823. The summed E-state index contributed by atoms with van der Waals surface area (Å²) in [6.45, 7) is 1.57. The zero-order valence-corrected chi connectivity index (χ0v) is 16.6. The Balaban J connectivity index is 1.51. The molecular formula is C21H24N2O7. The Kier molecular flexibility index (Phi) is 7.29. The largest absolute Gasteiger partial charge is 0.494 e. The average molecular weight is 416 g/mol. The van der Waals surface area contributed by atoms with Crippen molar-refractivity contribution in [2.45, 2.75) is 44.6 Å². The Morgan fingerprint density at radius 3 is 2.50 bits per heavy atom. The number of imide groups is 2. The van der Waals surface area contributed by atoms with Crippen LogP contribution in [0.3, 0.4) is 0 Å². The fourth-order valence-corrected chi connectivity index (χ4v) is 3.41. The molecule has 3 rings (SSSR count). The van der Waals surface area contributed by atoms with Gasteiger partial charge in [0.05, 0.1) is 17.7 Å². The number of nitrogens with one attached hydrogen (secondary N) is 1. The van der Waals surface area contributed by atoms with Crippen LogP contribution >= 0.6 is 0 Å². The van der Waals surface area contributed by atoms with Crippen LogP contribution in [0.1, 0.15) is 59.2 Å². The first-order valence-corrected chi connectivity index (χ1v) is 10.0. The van der Waals surface area contributed by atoms with Gasteiger partial charge in [-0.1, -0.05) is 0 Å². The number of aldehydes is 1. The van der Waals surface area contributed by atoms with Gasteiger partial charge in [-0.05, 0) is 43.9 Å². The molecule has 1 N–H and O–H groups in total. The molecule has 1 atom stereocenters. The van der Waals surface area contributed by atoms with E-state index in [0.717, 1.165) is 30.4 Å². The molecule has 9 nitrogen and oxygen atoms in total. The Morgan fingerprint density at radius 2 is 1.73 bits per heavy atom. The van der Waals surface area contributed by atoms with Crippen LogP contribution in [-0.2, 0) is 19.1 Å². The summed E-state index contributed by atoms with van der Waals surface area (Å²) in [7, 11) is 0. The van der Waals surface area contributed by atoms with Gasteiger partial charge in [-0.2, -0.15) is 0 Å². The van der Waals surface area contributed by atoms with Gasteiger partial charge in [-0.25, -0.2) is 0 Å². The normalized spacial score (nSPS) is 18.4. The number of unbranched alkanes of at least 4 members (excludes halogenated alkanes) is 2. The quantitative estimate of drug-likeness (QED) is 0.327. The van der Waals surface area contributed by atoms with Crippen molar-refractivity contribution in [1.29, 1.82) is 0 Å². The molecule has 2 aliphatic heterocycles. The molecule has 1 aromatic carbocycles. The first kappa shape index (κ1) is 21.6. The maximum Gasteiger partial charge on any atom is 0.262 e. The summed E-state index contributed by atoms with van der Waals surface area (Å²) in [5.41, 5.74) is 0.418. The van der Waals surface area contributed by atoms with Crippen LogP contribution in [0.15, 0.2) is 18.2 Å². The zero-order chi connectivity index (χ0) is 21.5. The van der Waals surface area contributed by atoms with Crippen molar-refractivity contribution in [3.63, 3.8) is 0 Å². The molecule has 9 heteroatoms. The van der Waals surface area contributed by atoms with Crippen molar-refractivity contribution in [3.8, 4) is 5.75 Å². The third-order valence-corrected chi connectivity index (χ3v) is 4.97. The first-order chi connectivity index (χ1) is 14.5. The number of piperidine rings is 1. The molecule has 1 saturated heterocycles. The van der Waals surface area contributed by atoms with E-state index in [9.17, 15) is 24.0 Å². The fourth-order valence-electron chi connectivity index (χ4n) is 3.41. The number of amides is 4. The van der Waals surface area contributed by atoms with Crippen molar-refractivity contribution < 1.29 is 33.4 Å². The molecule has 1 aromatic rings. The van der Waals surface area contributed by atoms with Crippen molar-refractivity contribution in [1.82, 2.24) is 10.2 Å². The van der Waals surface area contributed by atoms with Crippen LogP contribution in [0.5, 0.6) is 5.75 Å². The van der Waals surface area contributed by atoms with Gasteiger partial charge in [-0.3, -0.25) is 29.4 Å². The lowest BCUT2D eigenvalue weighted by Gasteiger charge is -2.27. The lowest BCUT2D eigenvalue weighted by atomic mass is 10.0. The van der Waals surface area contributed by atoms with Gasteiger partial charge in [0.15, 0.2) is 0 Å². The van der Waals surface area contributed by atoms with E-state index in [0.29, 0.717) is 32.0 Å². The Bertz CT molecular complexity index is 852. The van der Waals surface area contributed by atoms with Gasteiger partial charge in [0.1, 0.15) is 18.1 Å². The predicted molar refractivity (Wildman–Crippen MR) is 104 cm³/mol. The molecule has 4 amide bonds. The minimum atomic E-state index is -0.981. The lowest BCUT2D eigenvalue weighted by Crippen LogP contribution is -2.54. The highest BCUT2D eigenvalue weighted by molar-refractivity contribution is 6.23. The highest BCUT2D eigenvalue weighted by Crippen LogP contribution is 2.30. The second-order valence-corrected chi connectivity index (χ2v) is 7.13. The van der Waals surface area contributed by atoms with E-state index in [2.05, 4.69) is 5.32 Å². The molecule has 30 heavy (non-hydrogen) atoms. The number of fused-ring (bicyclic) bond motifs is 1. The number of hydrogen-bond acceptors (Lipinski definition) is 7. The summed E-state index contributed by atoms with van der Waals surface area (Å²) >= 11 is 0. The third-order valence-electron chi connectivity index (χ3n) is 4.97. The Hall–Kier alpha value is -3.07. The molecule has 0 radical (unpaired) electrons. The average Bonchev–Trinajstić information content (AvgIpc) is 2.97. The van der Waals surface area contributed by atoms with Crippen LogP contribution < -0.4 is 10.1 Å². The maximum absolute atomic E-state index is 12.8. The monoisotopic (exact) mass is 416 g/mol. The third kappa shape index (κ3) is 4.91. The first-order valence-electron chi connectivity index (χ1n) is 10.0.